The predicted molar refractivity (Wildman–Crippen MR) is 120 cm³/mol. The molecule has 3 aromatic rings. The molecule has 2 atom stereocenters. The minimum absolute atomic E-state index is 0.0208. The van der Waals surface area contributed by atoms with E-state index >= 15 is 0 Å². The first-order chi connectivity index (χ1) is 16.8. The van der Waals surface area contributed by atoms with Gasteiger partial charge in [0.05, 0.1) is 11.5 Å². The molecule has 2 aliphatic rings. The summed E-state index contributed by atoms with van der Waals surface area (Å²) in [7, 11) is 0. The largest absolute Gasteiger partial charge is 0.416 e. The summed E-state index contributed by atoms with van der Waals surface area (Å²) in [6, 6.07) is 11.0. The molecule has 5 rings (SSSR count). The number of nitrogens with zero attached hydrogens (tertiary/aromatic N) is 3. The van der Waals surface area contributed by atoms with Crippen LogP contribution in [0, 0.1) is 11.7 Å². The first-order valence-corrected chi connectivity index (χ1v) is 11.8. The number of likely N-dealkylation sites (tertiary alicyclic amines) is 1. The summed E-state index contributed by atoms with van der Waals surface area (Å²) in [6.45, 7) is 0.833. The van der Waals surface area contributed by atoms with Crippen molar-refractivity contribution in [1.29, 1.82) is 0 Å². The fraction of sp³-hybridized carbons (Fsp3) is 0.423. The van der Waals surface area contributed by atoms with Crippen LogP contribution in [0.15, 0.2) is 53.1 Å². The van der Waals surface area contributed by atoms with Crippen molar-refractivity contribution < 1.29 is 26.9 Å². The van der Waals surface area contributed by atoms with Gasteiger partial charge in [-0.05, 0) is 49.1 Å². The fourth-order valence-electron chi connectivity index (χ4n) is 5.22. The van der Waals surface area contributed by atoms with E-state index in [-0.39, 0.29) is 29.5 Å². The number of aromatic nitrogens is 2. The van der Waals surface area contributed by atoms with E-state index in [1.165, 1.54) is 24.3 Å². The van der Waals surface area contributed by atoms with E-state index in [4.69, 9.17) is 4.52 Å². The van der Waals surface area contributed by atoms with E-state index < -0.39 is 17.6 Å². The zero-order valence-corrected chi connectivity index (χ0v) is 19.0. The molecule has 2 fully saturated rings. The fourth-order valence-corrected chi connectivity index (χ4v) is 5.22. The molecule has 2 aromatic carbocycles. The zero-order chi connectivity index (χ0) is 24.6. The number of hydrogen-bond donors (Lipinski definition) is 0. The molecule has 0 radical (unpaired) electrons. The van der Waals surface area contributed by atoms with Crippen LogP contribution in [0.4, 0.5) is 17.6 Å². The lowest BCUT2D eigenvalue weighted by molar-refractivity contribution is -0.138. The number of carbonyl (C=O) groups excluding carboxylic acids is 1. The maximum absolute atomic E-state index is 13.6. The molecule has 2 heterocycles. The Hall–Kier alpha value is -3.23. The lowest BCUT2D eigenvalue weighted by atomic mass is 9.83. The predicted octanol–water partition coefficient (Wildman–Crippen LogP) is 6.18. The van der Waals surface area contributed by atoms with Crippen LogP contribution in [0.25, 0.3) is 11.4 Å². The van der Waals surface area contributed by atoms with Crippen LogP contribution in [0.3, 0.4) is 0 Å². The molecule has 1 saturated carbocycles. The SMILES string of the molecule is O=C(C1CCCC1)N1CC(c2ccc(C(F)(F)F)cc2)CC(c2nc(-c3cccc(F)c3)no2)C1. The maximum atomic E-state index is 13.6. The molecule has 0 spiro atoms. The summed E-state index contributed by atoms with van der Waals surface area (Å²) in [6.07, 6.45) is -0.0997. The molecule has 1 amide bonds. The third-order valence-corrected chi connectivity index (χ3v) is 7.05. The molecular weight excluding hydrogens is 462 g/mol. The third kappa shape index (κ3) is 5.09. The van der Waals surface area contributed by atoms with E-state index in [0.29, 0.717) is 31.0 Å². The average molecular weight is 487 g/mol. The number of amides is 1. The number of carbonyl (C=O) groups is 1. The van der Waals surface area contributed by atoms with Gasteiger partial charge in [0.25, 0.3) is 0 Å². The molecule has 0 bridgehead atoms. The van der Waals surface area contributed by atoms with Gasteiger partial charge in [-0.3, -0.25) is 4.79 Å². The molecular formula is C26H25F4N3O2. The quantitative estimate of drug-likeness (QED) is 0.412. The van der Waals surface area contributed by atoms with E-state index in [9.17, 15) is 22.4 Å². The zero-order valence-electron chi connectivity index (χ0n) is 19.0. The Balaban J connectivity index is 1.42. The third-order valence-electron chi connectivity index (χ3n) is 7.05. The van der Waals surface area contributed by atoms with Crippen LogP contribution in [0.5, 0.6) is 0 Å². The first-order valence-electron chi connectivity index (χ1n) is 11.8. The number of rotatable bonds is 4. The molecule has 35 heavy (non-hydrogen) atoms. The highest BCUT2D eigenvalue weighted by atomic mass is 19.4. The van der Waals surface area contributed by atoms with Gasteiger partial charge in [-0.25, -0.2) is 4.39 Å². The number of hydrogen-bond acceptors (Lipinski definition) is 4. The van der Waals surface area contributed by atoms with Gasteiger partial charge in [0, 0.05) is 30.5 Å². The van der Waals surface area contributed by atoms with Gasteiger partial charge in [0.1, 0.15) is 5.82 Å². The molecule has 1 aromatic heterocycles. The van der Waals surface area contributed by atoms with Crippen LogP contribution in [-0.4, -0.2) is 34.0 Å². The molecule has 1 saturated heterocycles. The van der Waals surface area contributed by atoms with Crippen LogP contribution in [0.2, 0.25) is 0 Å². The second-order valence-electron chi connectivity index (χ2n) is 9.44. The van der Waals surface area contributed by atoms with Crippen LogP contribution < -0.4 is 0 Å². The average Bonchev–Trinajstić information content (AvgIpc) is 3.56. The Labute approximate surface area is 200 Å². The van der Waals surface area contributed by atoms with Crippen molar-refractivity contribution in [2.75, 3.05) is 13.1 Å². The Morgan fingerprint density at radius 1 is 1.00 bits per heavy atom. The highest BCUT2D eigenvalue weighted by Gasteiger charge is 2.38. The molecule has 9 heteroatoms. The van der Waals surface area contributed by atoms with Crippen LogP contribution in [-0.2, 0) is 11.0 Å². The Bertz CT molecular complexity index is 1190. The smallest absolute Gasteiger partial charge is 0.341 e. The van der Waals surface area contributed by atoms with Gasteiger partial charge in [-0.1, -0.05) is 42.3 Å². The van der Waals surface area contributed by atoms with Crippen molar-refractivity contribution in [1.82, 2.24) is 15.0 Å². The van der Waals surface area contributed by atoms with Crippen molar-refractivity contribution in [2.45, 2.75) is 50.1 Å². The van der Waals surface area contributed by atoms with Gasteiger partial charge in [0.15, 0.2) is 0 Å². The van der Waals surface area contributed by atoms with Crippen molar-refractivity contribution in [3.63, 3.8) is 0 Å². The Kier molecular flexibility index (Phi) is 6.34. The minimum atomic E-state index is -4.41. The monoisotopic (exact) mass is 487 g/mol. The molecule has 184 valence electrons. The highest BCUT2D eigenvalue weighted by molar-refractivity contribution is 5.79. The lowest BCUT2D eigenvalue weighted by Gasteiger charge is -2.38. The number of halogens is 4. The van der Waals surface area contributed by atoms with E-state index in [0.717, 1.165) is 43.4 Å². The summed E-state index contributed by atoms with van der Waals surface area (Å²) in [5.41, 5.74) is 0.509. The summed E-state index contributed by atoms with van der Waals surface area (Å²) in [5, 5.41) is 4.01. The summed E-state index contributed by atoms with van der Waals surface area (Å²) in [4.78, 5) is 19.6. The van der Waals surface area contributed by atoms with Crippen molar-refractivity contribution in [3.05, 3.63) is 71.4 Å². The molecule has 2 unspecified atom stereocenters. The molecule has 5 nitrogen and oxygen atoms in total. The summed E-state index contributed by atoms with van der Waals surface area (Å²) in [5.74, 6) is -0.222. The highest BCUT2D eigenvalue weighted by Crippen LogP contribution is 2.39. The molecule has 1 aliphatic heterocycles. The first kappa shape index (κ1) is 23.5. The van der Waals surface area contributed by atoms with Crippen molar-refractivity contribution >= 4 is 5.91 Å². The van der Waals surface area contributed by atoms with Gasteiger partial charge in [-0.15, -0.1) is 0 Å². The van der Waals surface area contributed by atoms with Crippen molar-refractivity contribution in [2.24, 2.45) is 5.92 Å². The summed E-state index contributed by atoms with van der Waals surface area (Å²) < 4.78 is 58.3. The Morgan fingerprint density at radius 2 is 1.71 bits per heavy atom. The van der Waals surface area contributed by atoms with Crippen LogP contribution >= 0.6 is 0 Å². The van der Waals surface area contributed by atoms with Gasteiger partial charge in [-0.2, -0.15) is 18.2 Å². The van der Waals surface area contributed by atoms with Crippen LogP contribution in [0.1, 0.15) is 61.0 Å². The second kappa shape index (κ2) is 9.43. The van der Waals surface area contributed by atoms with E-state index in [2.05, 4.69) is 10.1 Å². The maximum Gasteiger partial charge on any atom is 0.416 e. The molecule has 1 aliphatic carbocycles. The minimum Gasteiger partial charge on any atom is -0.341 e. The van der Waals surface area contributed by atoms with E-state index in [1.807, 2.05) is 0 Å². The number of piperidine rings is 1. The van der Waals surface area contributed by atoms with Gasteiger partial charge < -0.3 is 9.42 Å². The van der Waals surface area contributed by atoms with Gasteiger partial charge in [0.2, 0.25) is 17.6 Å². The number of benzene rings is 2. The summed E-state index contributed by atoms with van der Waals surface area (Å²) >= 11 is 0. The second-order valence-corrected chi connectivity index (χ2v) is 9.44. The van der Waals surface area contributed by atoms with Gasteiger partial charge >= 0.3 is 6.18 Å². The number of alkyl halides is 3. The topological polar surface area (TPSA) is 59.2 Å². The van der Waals surface area contributed by atoms with Crippen molar-refractivity contribution in [3.8, 4) is 11.4 Å². The lowest BCUT2D eigenvalue weighted by Crippen LogP contribution is -2.44. The molecule has 0 N–H and O–H groups in total. The van der Waals surface area contributed by atoms with E-state index in [1.54, 1.807) is 17.0 Å². The standard InChI is InChI=1S/C26H25F4N3O2/c27-22-7-3-6-18(13-22)23-31-24(35-32-23)20-12-19(16-8-10-21(11-9-16)26(28,29)30)14-33(15-20)25(34)17-4-1-2-5-17/h3,6-11,13,17,19-20H,1-2,4-5,12,14-15H2. The Morgan fingerprint density at radius 3 is 2.40 bits per heavy atom. The normalized spacial score (nSPS) is 21.4.